The van der Waals surface area contributed by atoms with Crippen LogP contribution in [0.1, 0.15) is 37.7 Å². The van der Waals surface area contributed by atoms with Crippen LogP contribution in [0.4, 0.5) is 15.8 Å². The van der Waals surface area contributed by atoms with Crippen molar-refractivity contribution in [3.63, 3.8) is 0 Å². The number of rotatable bonds is 4. The molecule has 2 N–H and O–H groups in total. The van der Waals surface area contributed by atoms with Gasteiger partial charge >= 0.3 is 7.12 Å². The molecule has 4 rings (SSSR count). The Morgan fingerprint density at radius 3 is 2.59 bits per heavy atom. The molecule has 1 amide bonds. The van der Waals surface area contributed by atoms with Crippen LogP contribution in [0.5, 0.6) is 0 Å². The predicted molar refractivity (Wildman–Crippen MR) is 121 cm³/mol. The zero-order valence-electron chi connectivity index (χ0n) is 18.1. The number of carbonyl (C=O) groups is 2. The highest BCUT2D eigenvalue weighted by atomic mass is 19.1. The summed E-state index contributed by atoms with van der Waals surface area (Å²) in [5.74, 6) is -1.57. The van der Waals surface area contributed by atoms with E-state index in [1.807, 2.05) is 0 Å². The van der Waals surface area contributed by atoms with E-state index < -0.39 is 18.8 Å². The molecule has 2 aromatic carbocycles. The van der Waals surface area contributed by atoms with Gasteiger partial charge in [0, 0.05) is 23.9 Å². The maximum Gasteiger partial charge on any atom is 0.563 e. The number of nitrogens with zero attached hydrogens (tertiary/aromatic N) is 2. The first kappa shape index (κ1) is 21.5. The van der Waals surface area contributed by atoms with E-state index >= 15 is 0 Å². The van der Waals surface area contributed by atoms with Crippen molar-refractivity contribution in [2.75, 3.05) is 5.32 Å². The van der Waals surface area contributed by atoms with Crippen LogP contribution in [0.2, 0.25) is 0 Å². The smallest absolute Gasteiger partial charge is 0.515 e. The Labute approximate surface area is 184 Å². The number of Topliss-reactive ketones (excluding diaryl/α,β-unsaturated/α-hetero) is 1. The van der Waals surface area contributed by atoms with E-state index in [2.05, 4.69) is 10.3 Å². The lowest BCUT2D eigenvalue weighted by atomic mass is 9.77. The minimum Gasteiger partial charge on any atom is -0.515 e. The van der Waals surface area contributed by atoms with Crippen LogP contribution in [0.3, 0.4) is 0 Å². The number of aromatic nitrogens is 1. The monoisotopic (exact) mass is 433 g/mol. The Balaban J connectivity index is 1.69. The van der Waals surface area contributed by atoms with Gasteiger partial charge in [0.2, 0.25) is 5.90 Å². The van der Waals surface area contributed by atoms with E-state index in [-0.39, 0.29) is 17.4 Å². The van der Waals surface area contributed by atoms with Gasteiger partial charge in [-0.15, -0.1) is 0 Å². The van der Waals surface area contributed by atoms with Crippen LogP contribution in [0.25, 0.3) is 0 Å². The number of amides is 1. The number of halogens is 1. The lowest BCUT2D eigenvalue weighted by Gasteiger charge is -2.18. The van der Waals surface area contributed by atoms with Crippen LogP contribution in [0, 0.1) is 26.6 Å². The van der Waals surface area contributed by atoms with E-state index in [0.29, 0.717) is 39.2 Å². The standard InChI is InChI=1S/C23H21BFN3O4/c1-12-11-15(9-10-17(12)25)26-22(30)19-13(2)20(28(4)14(19)3)21(29)23-27-18-8-6-5-7-16(18)24(31)32-23/h5-11,31H,1-4H3,(H,26,30). The zero-order valence-corrected chi connectivity index (χ0v) is 18.1. The summed E-state index contributed by atoms with van der Waals surface area (Å²) in [5.41, 5.74) is 3.35. The minimum absolute atomic E-state index is 0.230. The van der Waals surface area contributed by atoms with Crippen molar-refractivity contribution in [1.29, 1.82) is 0 Å². The number of benzene rings is 2. The van der Waals surface area contributed by atoms with Gasteiger partial charge in [0.15, 0.2) is 0 Å². The number of fused-ring (bicyclic) bond motifs is 1. The summed E-state index contributed by atoms with van der Waals surface area (Å²) in [4.78, 5) is 30.5. The molecule has 2 heterocycles. The molecule has 7 nitrogen and oxygen atoms in total. The predicted octanol–water partition coefficient (Wildman–Crippen LogP) is 2.97. The van der Waals surface area contributed by atoms with E-state index in [1.54, 1.807) is 56.7 Å². The van der Waals surface area contributed by atoms with Gasteiger partial charge in [0.25, 0.3) is 11.7 Å². The lowest BCUT2D eigenvalue weighted by molar-refractivity contribution is 0.102. The molecule has 0 saturated carbocycles. The highest BCUT2D eigenvalue weighted by molar-refractivity contribution is 6.67. The summed E-state index contributed by atoms with van der Waals surface area (Å²) in [6.07, 6.45) is 0. The maximum atomic E-state index is 13.5. The Hall–Kier alpha value is -3.72. The third kappa shape index (κ3) is 3.60. The molecule has 0 saturated heterocycles. The summed E-state index contributed by atoms with van der Waals surface area (Å²) < 4.78 is 20.5. The molecule has 32 heavy (non-hydrogen) atoms. The number of aliphatic imine (C=N–C) groups is 1. The maximum absolute atomic E-state index is 13.5. The fraction of sp³-hybridized carbons (Fsp3) is 0.174. The summed E-state index contributed by atoms with van der Waals surface area (Å²) in [6, 6.07) is 11.1. The van der Waals surface area contributed by atoms with E-state index in [9.17, 15) is 19.0 Å². The van der Waals surface area contributed by atoms with Crippen LogP contribution in [-0.4, -0.2) is 34.3 Å². The number of para-hydroxylation sites is 1. The van der Waals surface area contributed by atoms with Gasteiger partial charge in [-0.2, -0.15) is 0 Å². The zero-order chi connectivity index (χ0) is 23.2. The Kier molecular flexibility index (Phi) is 5.44. The molecule has 0 spiro atoms. The number of aryl methyl sites for hydroxylation is 1. The first-order valence-electron chi connectivity index (χ1n) is 9.99. The molecule has 1 aliphatic rings. The number of anilines is 1. The fourth-order valence-corrected chi connectivity index (χ4v) is 3.86. The van der Waals surface area contributed by atoms with Gasteiger partial charge in [0.05, 0.1) is 16.9 Å². The van der Waals surface area contributed by atoms with Crippen molar-refractivity contribution in [3.8, 4) is 0 Å². The quantitative estimate of drug-likeness (QED) is 0.489. The largest absolute Gasteiger partial charge is 0.563 e. The van der Waals surface area contributed by atoms with Crippen LogP contribution >= 0.6 is 0 Å². The molecule has 3 aromatic rings. The molecule has 0 unspecified atom stereocenters. The second-order valence-electron chi connectivity index (χ2n) is 7.69. The lowest BCUT2D eigenvalue weighted by Crippen LogP contribution is -2.41. The van der Waals surface area contributed by atoms with Gasteiger partial charge < -0.3 is 19.6 Å². The minimum atomic E-state index is -1.31. The van der Waals surface area contributed by atoms with E-state index in [4.69, 9.17) is 4.65 Å². The Morgan fingerprint density at radius 2 is 1.88 bits per heavy atom. The molecule has 0 radical (unpaired) electrons. The van der Waals surface area contributed by atoms with Crippen molar-refractivity contribution in [1.82, 2.24) is 4.57 Å². The topological polar surface area (TPSA) is 92.9 Å². The first-order chi connectivity index (χ1) is 15.2. The number of carbonyl (C=O) groups excluding carboxylic acids is 2. The van der Waals surface area contributed by atoms with Crippen molar-refractivity contribution in [3.05, 3.63) is 76.4 Å². The summed E-state index contributed by atoms with van der Waals surface area (Å²) >= 11 is 0. The van der Waals surface area contributed by atoms with Crippen LogP contribution in [-0.2, 0) is 11.7 Å². The van der Waals surface area contributed by atoms with Crippen molar-refractivity contribution in [2.24, 2.45) is 12.0 Å². The second kappa shape index (κ2) is 8.09. The number of ketones is 1. The van der Waals surface area contributed by atoms with Gasteiger partial charge in [-0.05, 0) is 56.2 Å². The summed E-state index contributed by atoms with van der Waals surface area (Å²) in [5, 5.41) is 13.0. The Morgan fingerprint density at radius 1 is 1.16 bits per heavy atom. The molecule has 1 aromatic heterocycles. The molecule has 0 fully saturated rings. The van der Waals surface area contributed by atoms with Crippen LogP contribution in [0.15, 0.2) is 47.5 Å². The molecular formula is C23H21BFN3O4. The van der Waals surface area contributed by atoms with Gasteiger partial charge in [-0.1, -0.05) is 18.2 Å². The highest BCUT2D eigenvalue weighted by Gasteiger charge is 2.34. The molecule has 0 atom stereocenters. The fourth-order valence-electron chi connectivity index (χ4n) is 3.86. The second-order valence-corrected chi connectivity index (χ2v) is 7.69. The summed E-state index contributed by atoms with van der Waals surface area (Å²) in [6.45, 7) is 5.00. The van der Waals surface area contributed by atoms with Crippen molar-refractivity contribution < 1.29 is 23.7 Å². The average Bonchev–Trinajstić information content (AvgIpc) is 2.98. The molecular weight excluding hydrogens is 412 g/mol. The van der Waals surface area contributed by atoms with E-state index in [1.165, 1.54) is 18.2 Å². The van der Waals surface area contributed by atoms with Crippen molar-refractivity contribution >= 4 is 41.5 Å². The van der Waals surface area contributed by atoms with Gasteiger partial charge in [-0.3, -0.25) is 9.59 Å². The van der Waals surface area contributed by atoms with Gasteiger partial charge in [0.1, 0.15) is 5.82 Å². The number of nitrogens with one attached hydrogen (secondary N) is 1. The molecule has 1 aliphatic heterocycles. The SMILES string of the molecule is Cc1cc(NC(=O)c2c(C)c(C(=O)C3=Nc4ccccc4B(O)O3)n(C)c2C)ccc1F. The molecule has 162 valence electrons. The third-order valence-electron chi connectivity index (χ3n) is 5.63. The third-order valence-corrected chi connectivity index (χ3v) is 5.63. The number of hydrogen-bond acceptors (Lipinski definition) is 5. The molecule has 0 bridgehead atoms. The first-order valence-corrected chi connectivity index (χ1v) is 9.99. The van der Waals surface area contributed by atoms with Gasteiger partial charge in [-0.25, -0.2) is 9.38 Å². The molecule has 9 heteroatoms. The number of hydrogen-bond donors (Lipinski definition) is 2. The Bertz CT molecular complexity index is 1300. The molecule has 0 aliphatic carbocycles. The average molecular weight is 433 g/mol. The van der Waals surface area contributed by atoms with Crippen LogP contribution < -0.4 is 10.8 Å². The highest BCUT2D eigenvalue weighted by Crippen LogP contribution is 2.25. The van der Waals surface area contributed by atoms with E-state index in [0.717, 1.165) is 0 Å². The normalized spacial score (nSPS) is 12.7. The van der Waals surface area contributed by atoms with Crippen molar-refractivity contribution in [2.45, 2.75) is 20.8 Å². The summed E-state index contributed by atoms with van der Waals surface area (Å²) in [7, 11) is 0.358.